The number of amides is 5. The minimum absolute atomic E-state index is 0.0667. The summed E-state index contributed by atoms with van der Waals surface area (Å²) in [5, 5.41) is 27.7. The molecule has 2 rings (SSSR count). The Balaban J connectivity index is 2.25. The van der Waals surface area contributed by atoms with E-state index in [9.17, 15) is 53.4 Å². The molecule has 0 radical (unpaired) electrons. The van der Waals surface area contributed by atoms with Crippen LogP contribution >= 0.6 is 0 Å². The van der Waals surface area contributed by atoms with Crippen molar-refractivity contribution in [3.05, 3.63) is 35.4 Å². The van der Waals surface area contributed by atoms with E-state index < -0.39 is 86.1 Å². The van der Waals surface area contributed by atoms with E-state index in [-0.39, 0.29) is 30.5 Å². The van der Waals surface area contributed by atoms with Gasteiger partial charge in [-0.3, -0.25) is 38.4 Å². The zero-order valence-electron chi connectivity index (χ0n) is 21.7. The van der Waals surface area contributed by atoms with Gasteiger partial charge in [0.1, 0.15) is 32.7 Å². The van der Waals surface area contributed by atoms with E-state index in [1.54, 1.807) is 0 Å². The summed E-state index contributed by atoms with van der Waals surface area (Å²) in [5.41, 5.74) is -0.590. The van der Waals surface area contributed by atoms with Crippen LogP contribution in [0, 0.1) is 0 Å². The molecule has 1 heterocycles. The highest BCUT2D eigenvalue weighted by atomic mass is 16.7. The quantitative estimate of drug-likeness (QED) is 0.209. The molecule has 1 aliphatic heterocycles. The van der Waals surface area contributed by atoms with Gasteiger partial charge in [0.05, 0.1) is 5.56 Å². The van der Waals surface area contributed by atoms with Gasteiger partial charge in [-0.25, -0.2) is 4.79 Å². The average molecular weight is 578 g/mol. The fourth-order valence-corrected chi connectivity index (χ4v) is 3.58. The molecule has 0 saturated carbocycles. The van der Waals surface area contributed by atoms with Gasteiger partial charge in [-0.05, 0) is 25.1 Å². The highest BCUT2D eigenvalue weighted by molar-refractivity contribution is 6.04. The summed E-state index contributed by atoms with van der Waals surface area (Å²) in [7, 11) is 0. The highest BCUT2D eigenvalue weighted by Crippen LogP contribution is 2.16. The maximum atomic E-state index is 13.1. The van der Waals surface area contributed by atoms with Crippen LogP contribution < -0.4 is 0 Å². The highest BCUT2D eigenvalue weighted by Gasteiger charge is 2.33. The van der Waals surface area contributed by atoms with Crippen molar-refractivity contribution in [1.29, 1.82) is 0 Å². The minimum atomic E-state index is -1.55. The Hall–Kier alpha value is -5.35. The second-order valence-corrected chi connectivity index (χ2v) is 8.54. The fourth-order valence-electron chi connectivity index (χ4n) is 3.58. The molecular weight excluding hydrogens is 552 g/mol. The Morgan fingerprint density at radius 3 is 1.73 bits per heavy atom. The number of likely N-dealkylation sites (N-methyl/N-ethyl adjacent to an activating group) is 1. The molecule has 0 unspecified atom stereocenters. The molecule has 17 nitrogen and oxygen atoms in total. The molecule has 1 fully saturated rings. The number of benzene rings is 1. The number of carboxylic acids is 3. The van der Waals surface area contributed by atoms with Crippen molar-refractivity contribution in [2.45, 2.75) is 19.8 Å². The molecule has 1 aliphatic rings. The van der Waals surface area contributed by atoms with Crippen molar-refractivity contribution >= 4 is 53.4 Å². The summed E-state index contributed by atoms with van der Waals surface area (Å²) in [5.74, 6) is -10.2. The molecule has 0 aromatic heterocycles. The molecule has 1 saturated heterocycles. The first-order valence-electron chi connectivity index (χ1n) is 11.9. The number of hydroxylamine groups is 2. The largest absolute Gasteiger partial charge is 0.480 e. The van der Waals surface area contributed by atoms with Crippen LogP contribution in [0.15, 0.2) is 24.3 Å². The van der Waals surface area contributed by atoms with Crippen LogP contribution in [-0.2, 0) is 38.4 Å². The molecule has 0 bridgehead atoms. The lowest BCUT2D eigenvalue weighted by atomic mass is 10.1. The predicted octanol–water partition coefficient (Wildman–Crippen LogP) is -1.72. The van der Waals surface area contributed by atoms with Gasteiger partial charge >= 0.3 is 23.9 Å². The summed E-state index contributed by atoms with van der Waals surface area (Å²) in [6.45, 7) is -3.23. The minimum Gasteiger partial charge on any atom is -0.480 e. The lowest BCUT2D eigenvalue weighted by Gasteiger charge is -2.27. The van der Waals surface area contributed by atoms with E-state index in [0.717, 1.165) is 11.0 Å². The zero-order chi connectivity index (χ0) is 30.9. The van der Waals surface area contributed by atoms with Crippen LogP contribution in [0.1, 0.15) is 40.5 Å². The number of aliphatic carboxylic acids is 3. The predicted molar refractivity (Wildman–Crippen MR) is 131 cm³/mol. The van der Waals surface area contributed by atoms with Gasteiger partial charge in [0.25, 0.3) is 17.7 Å². The van der Waals surface area contributed by atoms with Gasteiger partial charge in [-0.2, -0.15) is 0 Å². The standard InChI is InChI=1S/C24H26N4O13/c1-2-25(11-20(33)34)18(31)9-26(12-21(35)36)19(32)10-27(13-22(37)38)23(39)14-4-3-5-15(8-14)24(40)41-28-16(29)6-7-17(28)30/h3-5,8H,2,6-7,9-13H2,1H3,(H,33,34)(H,35,36)(H,37,38). The number of hydrogen-bond donors (Lipinski definition) is 3. The number of hydrogen-bond acceptors (Lipinski definition) is 10. The van der Waals surface area contributed by atoms with E-state index in [2.05, 4.69) is 0 Å². The average Bonchev–Trinajstić information content (AvgIpc) is 3.21. The maximum absolute atomic E-state index is 13.1. The van der Waals surface area contributed by atoms with Crippen molar-refractivity contribution < 1.29 is 63.3 Å². The molecule has 220 valence electrons. The van der Waals surface area contributed by atoms with Crippen molar-refractivity contribution in [2.75, 3.05) is 39.3 Å². The van der Waals surface area contributed by atoms with Gasteiger partial charge in [-0.15, -0.1) is 5.06 Å². The van der Waals surface area contributed by atoms with Crippen molar-refractivity contribution in [1.82, 2.24) is 19.8 Å². The second kappa shape index (κ2) is 14.2. The molecule has 5 amide bonds. The number of carbonyl (C=O) groups is 9. The Morgan fingerprint density at radius 2 is 1.20 bits per heavy atom. The van der Waals surface area contributed by atoms with Gasteiger partial charge in [0.15, 0.2) is 0 Å². The molecule has 17 heteroatoms. The first-order chi connectivity index (χ1) is 19.2. The molecule has 3 N–H and O–H groups in total. The topological polar surface area (TPSA) is 237 Å². The number of carboxylic acid groups (broad SMARTS) is 3. The molecule has 41 heavy (non-hydrogen) atoms. The molecule has 1 aromatic rings. The number of rotatable bonds is 14. The van der Waals surface area contributed by atoms with E-state index in [1.165, 1.54) is 25.1 Å². The van der Waals surface area contributed by atoms with Crippen molar-refractivity contribution in [3.8, 4) is 0 Å². The van der Waals surface area contributed by atoms with Crippen LogP contribution in [-0.4, -0.2) is 128 Å². The van der Waals surface area contributed by atoms with Gasteiger partial charge in [-0.1, -0.05) is 6.07 Å². The third-order valence-corrected chi connectivity index (χ3v) is 5.53. The lowest BCUT2D eigenvalue weighted by molar-refractivity contribution is -0.172. The first-order valence-corrected chi connectivity index (χ1v) is 11.9. The maximum Gasteiger partial charge on any atom is 0.363 e. The third-order valence-electron chi connectivity index (χ3n) is 5.53. The number of carbonyl (C=O) groups excluding carboxylic acids is 6. The van der Waals surface area contributed by atoms with Gasteiger partial charge in [0.2, 0.25) is 11.8 Å². The Kier molecular flexibility index (Phi) is 11.0. The third kappa shape index (κ3) is 9.12. The van der Waals surface area contributed by atoms with Crippen molar-refractivity contribution in [3.63, 3.8) is 0 Å². The Bertz CT molecular complexity index is 1260. The Labute approximate surface area is 231 Å². The van der Waals surface area contributed by atoms with Crippen LogP contribution in [0.2, 0.25) is 0 Å². The van der Waals surface area contributed by atoms with Crippen LogP contribution in [0.5, 0.6) is 0 Å². The second-order valence-electron chi connectivity index (χ2n) is 8.54. The number of imide groups is 1. The fraction of sp³-hybridized carbons (Fsp3) is 0.375. The molecule has 0 aliphatic carbocycles. The van der Waals surface area contributed by atoms with E-state index >= 15 is 0 Å². The Morgan fingerprint density at radius 1 is 0.732 bits per heavy atom. The SMILES string of the molecule is CCN(CC(=O)O)C(=O)CN(CC(=O)O)C(=O)CN(CC(=O)O)C(=O)c1cccc(C(=O)ON2C(=O)CCC2=O)c1. The van der Waals surface area contributed by atoms with E-state index in [0.29, 0.717) is 14.9 Å². The van der Waals surface area contributed by atoms with Crippen LogP contribution in [0.4, 0.5) is 0 Å². The molecule has 0 atom stereocenters. The summed E-state index contributed by atoms with van der Waals surface area (Å²) in [4.78, 5) is 115. The normalized spacial score (nSPS) is 12.5. The summed E-state index contributed by atoms with van der Waals surface area (Å²) in [6, 6.07) is 4.55. The van der Waals surface area contributed by atoms with E-state index in [4.69, 9.17) is 9.94 Å². The van der Waals surface area contributed by atoms with Crippen molar-refractivity contribution in [2.24, 2.45) is 0 Å². The molecular formula is C24H26N4O13. The van der Waals surface area contributed by atoms with Gasteiger partial charge in [0, 0.05) is 24.9 Å². The van der Waals surface area contributed by atoms with Crippen LogP contribution in [0.3, 0.4) is 0 Å². The summed E-state index contributed by atoms with van der Waals surface area (Å²) in [6.07, 6.45) is -0.299. The summed E-state index contributed by atoms with van der Waals surface area (Å²) < 4.78 is 0. The zero-order valence-corrected chi connectivity index (χ0v) is 21.7. The number of nitrogens with zero attached hydrogens (tertiary/aromatic N) is 4. The van der Waals surface area contributed by atoms with Crippen LogP contribution in [0.25, 0.3) is 0 Å². The van der Waals surface area contributed by atoms with E-state index in [1.807, 2.05) is 0 Å². The monoisotopic (exact) mass is 578 g/mol. The van der Waals surface area contributed by atoms with Gasteiger partial charge < -0.3 is 34.9 Å². The smallest absolute Gasteiger partial charge is 0.363 e. The first kappa shape index (κ1) is 31.9. The lowest BCUT2D eigenvalue weighted by Crippen LogP contribution is -2.50. The molecule has 1 aromatic carbocycles. The molecule has 0 spiro atoms. The summed E-state index contributed by atoms with van der Waals surface area (Å²) >= 11 is 0.